The van der Waals surface area contributed by atoms with E-state index in [0.717, 1.165) is 5.56 Å². The average molecular weight is 188 g/mol. The van der Waals surface area contributed by atoms with E-state index in [1.807, 2.05) is 0 Å². The maximum absolute atomic E-state index is 5.65. The van der Waals surface area contributed by atoms with Gasteiger partial charge in [0.15, 0.2) is 0 Å². The van der Waals surface area contributed by atoms with Gasteiger partial charge in [-0.25, -0.2) is 4.98 Å². The lowest BCUT2D eigenvalue weighted by Crippen LogP contribution is -1.93. The number of rotatable bonds is 3. The largest absolute Gasteiger partial charge is 0.496 e. The van der Waals surface area contributed by atoms with E-state index in [-0.39, 0.29) is 0 Å². The molecule has 0 aliphatic carbocycles. The fraction of sp³-hybridized carbons (Fsp3) is 0.375. The van der Waals surface area contributed by atoms with Crippen LogP contribution in [-0.2, 0) is 5.88 Å². The highest BCUT2D eigenvalue weighted by Crippen LogP contribution is 2.22. The topological polar surface area (TPSA) is 31.4 Å². The number of hydrogen-bond acceptors (Lipinski definition) is 3. The van der Waals surface area contributed by atoms with Crippen molar-refractivity contribution >= 4 is 11.6 Å². The number of nitrogens with zero attached hydrogens (tertiary/aromatic N) is 1. The van der Waals surface area contributed by atoms with Gasteiger partial charge in [-0.2, -0.15) is 0 Å². The van der Waals surface area contributed by atoms with Gasteiger partial charge >= 0.3 is 0 Å². The Morgan fingerprint density at radius 2 is 2.17 bits per heavy atom. The second-order valence-corrected chi connectivity index (χ2v) is 2.44. The Morgan fingerprint density at radius 1 is 1.42 bits per heavy atom. The van der Waals surface area contributed by atoms with Crippen molar-refractivity contribution in [1.82, 2.24) is 4.98 Å². The summed E-state index contributed by atoms with van der Waals surface area (Å²) in [6.07, 6.45) is 1.64. The van der Waals surface area contributed by atoms with Gasteiger partial charge in [0.1, 0.15) is 5.75 Å². The molecule has 0 spiro atoms. The molecule has 0 radical (unpaired) electrons. The fourth-order valence-corrected chi connectivity index (χ4v) is 1.05. The summed E-state index contributed by atoms with van der Waals surface area (Å²) in [7, 11) is 3.15. The highest BCUT2D eigenvalue weighted by atomic mass is 35.5. The van der Waals surface area contributed by atoms with Crippen molar-refractivity contribution in [3.63, 3.8) is 0 Å². The summed E-state index contributed by atoms with van der Waals surface area (Å²) in [5.74, 6) is 1.62. The summed E-state index contributed by atoms with van der Waals surface area (Å²) >= 11 is 5.65. The summed E-state index contributed by atoms with van der Waals surface area (Å²) in [4.78, 5) is 3.99. The molecule has 12 heavy (non-hydrogen) atoms. The van der Waals surface area contributed by atoms with Gasteiger partial charge in [-0.15, -0.1) is 11.6 Å². The quantitative estimate of drug-likeness (QED) is 0.677. The Hall–Kier alpha value is -0.960. The van der Waals surface area contributed by atoms with Crippen molar-refractivity contribution < 1.29 is 9.47 Å². The zero-order valence-electron chi connectivity index (χ0n) is 7.00. The number of alkyl halides is 1. The van der Waals surface area contributed by atoms with Crippen LogP contribution in [0.1, 0.15) is 5.56 Å². The number of aromatic nitrogens is 1. The van der Waals surface area contributed by atoms with Crippen molar-refractivity contribution in [2.24, 2.45) is 0 Å². The van der Waals surface area contributed by atoms with Gasteiger partial charge in [0, 0.05) is 17.8 Å². The molecule has 0 aliphatic rings. The van der Waals surface area contributed by atoms with E-state index in [0.29, 0.717) is 17.5 Å². The van der Waals surface area contributed by atoms with Gasteiger partial charge in [0.05, 0.1) is 20.1 Å². The predicted octanol–water partition coefficient (Wildman–Crippen LogP) is 1.84. The van der Waals surface area contributed by atoms with Gasteiger partial charge in [0.2, 0.25) is 5.88 Å². The molecule has 3 nitrogen and oxygen atoms in total. The van der Waals surface area contributed by atoms with Crippen LogP contribution >= 0.6 is 11.6 Å². The molecule has 1 aromatic rings. The first-order valence-corrected chi connectivity index (χ1v) is 3.98. The van der Waals surface area contributed by atoms with Crippen molar-refractivity contribution in [3.05, 3.63) is 17.8 Å². The van der Waals surface area contributed by atoms with E-state index in [9.17, 15) is 0 Å². The summed E-state index contributed by atoms with van der Waals surface area (Å²) in [6, 6.07) is 1.71. The third kappa shape index (κ3) is 1.80. The SMILES string of the molecule is COc1cc(OC)c(CCl)cn1. The molecule has 0 fully saturated rings. The van der Waals surface area contributed by atoms with Crippen LogP contribution in [0, 0.1) is 0 Å². The van der Waals surface area contributed by atoms with Crippen LogP contribution < -0.4 is 9.47 Å². The first-order valence-electron chi connectivity index (χ1n) is 3.44. The van der Waals surface area contributed by atoms with E-state index in [1.54, 1.807) is 26.5 Å². The van der Waals surface area contributed by atoms with Gasteiger partial charge < -0.3 is 9.47 Å². The maximum atomic E-state index is 5.65. The minimum Gasteiger partial charge on any atom is -0.496 e. The summed E-state index contributed by atoms with van der Waals surface area (Å²) in [5.41, 5.74) is 0.861. The second kappa shape index (κ2) is 4.16. The normalized spacial score (nSPS) is 9.58. The molecule has 1 heterocycles. The molecule has 1 rings (SSSR count). The molecule has 0 bridgehead atoms. The maximum Gasteiger partial charge on any atom is 0.216 e. The average Bonchev–Trinajstić information content (AvgIpc) is 2.16. The molecule has 4 heteroatoms. The Morgan fingerprint density at radius 3 is 2.67 bits per heavy atom. The number of hydrogen-bond donors (Lipinski definition) is 0. The molecule has 1 aromatic heterocycles. The van der Waals surface area contributed by atoms with E-state index < -0.39 is 0 Å². The number of methoxy groups -OCH3 is 2. The standard InChI is InChI=1S/C8H10ClNO2/c1-11-7-3-8(12-2)10-5-6(7)4-9/h3,5H,4H2,1-2H3. The minimum atomic E-state index is 0.389. The zero-order chi connectivity index (χ0) is 8.97. The van der Waals surface area contributed by atoms with Crippen LogP contribution in [0.15, 0.2) is 12.3 Å². The van der Waals surface area contributed by atoms with Crippen molar-refractivity contribution in [2.45, 2.75) is 5.88 Å². The third-order valence-corrected chi connectivity index (χ3v) is 1.78. The Kier molecular flexibility index (Phi) is 3.17. The van der Waals surface area contributed by atoms with E-state index in [2.05, 4.69) is 4.98 Å². The second-order valence-electron chi connectivity index (χ2n) is 2.17. The highest BCUT2D eigenvalue weighted by molar-refractivity contribution is 6.17. The minimum absolute atomic E-state index is 0.389. The summed E-state index contributed by atoms with van der Waals surface area (Å²) < 4.78 is 10.00. The molecule has 0 unspecified atom stereocenters. The third-order valence-electron chi connectivity index (χ3n) is 1.49. The Labute approximate surface area is 76.3 Å². The highest BCUT2D eigenvalue weighted by Gasteiger charge is 2.03. The lowest BCUT2D eigenvalue weighted by Gasteiger charge is -2.06. The first-order chi connectivity index (χ1) is 5.81. The summed E-state index contributed by atoms with van der Waals surface area (Å²) in [6.45, 7) is 0. The van der Waals surface area contributed by atoms with E-state index in [1.165, 1.54) is 0 Å². The zero-order valence-corrected chi connectivity index (χ0v) is 7.76. The van der Waals surface area contributed by atoms with Gasteiger partial charge in [-0.3, -0.25) is 0 Å². The molecule has 0 amide bonds. The lowest BCUT2D eigenvalue weighted by molar-refractivity contribution is 0.380. The molecule has 66 valence electrons. The van der Waals surface area contributed by atoms with Gasteiger partial charge in [-0.1, -0.05) is 0 Å². The number of halogens is 1. The molecular formula is C8H10ClNO2. The molecule has 0 saturated heterocycles. The van der Waals surface area contributed by atoms with Crippen molar-refractivity contribution in [1.29, 1.82) is 0 Å². The van der Waals surface area contributed by atoms with Crippen LogP contribution in [0.4, 0.5) is 0 Å². The van der Waals surface area contributed by atoms with Crippen molar-refractivity contribution in [2.75, 3.05) is 14.2 Å². The smallest absolute Gasteiger partial charge is 0.216 e. The molecule has 0 aromatic carbocycles. The van der Waals surface area contributed by atoms with Crippen LogP contribution in [0.25, 0.3) is 0 Å². The number of pyridine rings is 1. The number of ether oxygens (including phenoxy) is 2. The van der Waals surface area contributed by atoms with Gasteiger partial charge in [-0.05, 0) is 0 Å². The molecule has 0 N–H and O–H groups in total. The molecule has 0 saturated carbocycles. The monoisotopic (exact) mass is 187 g/mol. The van der Waals surface area contributed by atoms with Crippen LogP contribution in [0.2, 0.25) is 0 Å². The Balaban J connectivity index is 3.02. The van der Waals surface area contributed by atoms with E-state index in [4.69, 9.17) is 21.1 Å². The first kappa shape index (κ1) is 9.13. The molecule has 0 atom stereocenters. The molecule has 0 aliphatic heterocycles. The van der Waals surface area contributed by atoms with Gasteiger partial charge in [0.25, 0.3) is 0 Å². The van der Waals surface area contributed by atoms with Crippen LogP contribution in [0.5, 0.6) is 11.6 Å². The predicted molar refractivity (Wildman–Crippen MR) is 46.9 cm³/mol. The fourth-order valence-electron chi connectivity index (χ4n) is 0.849. The Bertz CT molecular complexity index is 265. The van der Waals surface area contributed by atoms with E-state index >= 15 is 0 Å². The summed E-state index contributed by atoms with van der Waals surface area (Å²) in [5, 5.41) is 0. The van der Waals surface area contributed by atoms with Crippen molar-refractivity contribution in [3.8, 4) is 11.6 Å². The van der Waals surface area contributed by atoms with Crippen LogP contribution in [0.3, 0.4) is 0 Å². The molecular weight excluding hydrogens is 178 g/mol. The van der Waals surface area contributed by atoms with Crippen LogP contribution in [-0.4, -0.2) is 19.2 Å². The lowest BCUT2D eigenvalue weighted by atomic mass is 10.3.